The quantitative estimate of drug-likeness (QED) is 0.849. The van der Waals surface area contributed by atoms with Crippen LogP contribution in [0.25, 0.3) is 0 Å². The zero-order chi connectivity index (χ0) is 12.4. The molecule has 1 aromatic carbocycles. The topological polar surface area (TPSA) is 60.1 Å². The Morgan fingerprint density at radius 3 is 2.24 bits per heavy atom. The number of likely N-dealkylation sites (N-methyl/N-ethyl adjacent to an activating group) is 1. The van der Waals surface area contributed by atoms with E-state index in [-0.39, 0.29) is 6.04 Å². The van der Waals surface area contributed by atoms with Crippen molar-refractivity contribution in [2.24, 2.45) is 10.7 Å². The Bertz CT molecular complexity index is 423. The van der Waals surface area contributed by atoms with Crippen LogP contribution in [0.1, 0.15) is 11.6 Å². The first-order valence-corrected chi connectivity index (χ1v) is 5.41. The van der Waals surface area contributed by atoms with Gasteiger partial charge in [-0.2, -0.15) is 0 Å². The van der Waals surface area contributed by atoms with Crippen molar-refractivity contribution in [1.29, 1.82) is 0 Å². The summed E-state index contributed by atoms with van der Waals surface area (Å²) in [5.74, 6) is 2.12. The van der Waals surface area contributed by atoms with Crippen molar-refractivity contribution in [2.75, 3.05) is 27.8 Å². The molecule has 1 unspecified atom stereocenters. The normalized spacial score (nSPS) is 19.1. The van der Waals surface area contributed by atoms with Crippen molar-refractivity contribution < 1.29 is 9.47 Å². The van der Waals surface area contributed by atoms with Crippen LogP contribution in [0, 0.1) is 0 Å². The number of ether oxygens (including phenoxy) is 2. The van der Waals surface area contributed by atoms with E-state index in [0.717, 1.165) is 17.1 Å². The van der Waals surface area contributed by atoms with E-state index in [9.17, 15) is 0 Å². The van der Waals surface area contributed by atoms with Gasteiger partial charge >= 0.3 is 0 Å². The number of benzene rings is 1. The van der Waals surface area contributed by atoms with Crippen LogP contribution in [-0.4, -0.2) is 38.7 Å². The van der Waals surface area contributed by atoms with Crippen LogP contribution >= 0.6 is 0 Å². The van der Waals surface area contributed by atoms with E-state index in [0.29, 0.717) is 12.5 Å². The van der Waals surface area contributed by atoms with Crippen LogP contribution in [0.5, 0.6) is 11.5 Å². The highest BCUT2D eigenvalue weighted by atomic mass is 16.5. The molecule has 1 aliphatic heterocycles. The molecule has 92 valence electrons. The summed E-state index contributed by atoms with van der Waals surface area (Å²) in [6.07, 6.45) is 0. The highest BCUT2D eigenvalue weighted by Crippen LogP contribution is 2.30. The number of methoxy groups -OCH3 is 2. The second-order valence-electron chi connectivity index (χ2n) is 3.97. The Kier molecular flexibility index (Phi) is 3.08. The molecule has 1 aliphatic rings. The van der Waals surface area contributed by atoms with E-state index in [4.69, 9.17) is 15.2 Å². The molecule has 1 heterocycles. The second-order valence-corrected chi connectivity index (χ2v) is 3.97. The van der Waals surface area contributed by atoms with Gasteiger partial charge in [0.25, 0.3) is 0 Å². The maximum atomic E-state index is 5.76. The number of guanidine groups is 1. The van der Waals surface area contributed by atoms with Crippen molar-refractivity contribution in [2.45, 2.75) is 6.04 Å². The van der Waals surface area contributed by atoms with Crippen LogP contribution < -0.4 is 15.2 Å². The Hall–Kier alpha value is -1.91. The summed E-state index contributed by atoms with van der Waals surface area (Å²) in [5.41, 5.74) is 6.85. The van der Waals surface area contributed by atoms with Crippen LogP contribution in [0.2, 0.25) is 0 Å². The maximum absolute atomic E-state index is 5.76. The number of nitrogens with two attached hydrogens (primary N) is 1. The molecule has 1 atom stereocenters. The van der Waals surface area contributed by atoms with Gasteiger partial charge in [-0.25, -0.2) is 0 Å². The summed E-state index contributed by atoms with van der Waals surface area (Å²) >= 11 is 0. The molecule has 5 nitrogen and oxygen atoms in total. The summed E-state index contributed by atoms with van der Waals surface area (Å²) in [6, 6.07) is 5.97. The third-order valence-electron chi connectivity index (χ3n) is 3.01. The van der Waals surface area contributed by atoms with Crippen LogP contribution in [0.3, 0.4) is 0 Å². The van der Waals surface area contributed by atoms with Gasteiger partial charge in [0.05, 0.1) is 26.8 Å². The van der Waals surface area contributed by atoms with Gasteiger partial charge in [-0.05, 0) is 17.7 Å². The average Bonchev–Trinajstić information content (AvgIpc) is 2.69. The minimum Gasteiger partial charge on any atom is -0.497 e. The fourth-order valence-electron chi connectivity index (χ4n) is 1.92. The number of hydrogen-bond acceptors (Lipinski definition) is 5. The monoisotopic (exact) mass is 235 g/mol. The summed E-state index contributed by atoms with van der Waals surface area (Å²) in [7, 11) is 5.21. The Morgan fingerprint density at radius 2 is 1.82 bits per heavy atom. The molecule has 0 spiro atoms. The average molecular weight is 235 g/mol. The Labute approximate surface area is 101 Å². The van der Waals surface area contributed by atoms with Crippen molar-refractivity contribution in [3.8, 4) is 11.5 Å². The first-order chi connectivity index (χ1) is 8.15. The number of nitrogens with zero attached hydrogens (tertiary/aromatic N) is 2. The largest absolute Gasteiger partial charge is 0.497 e. The van der Waals surface area contributed by atoms with E-state index >= 15 is 0 Å². The Morgan fingerprint density at radius 1 is 1.24 bits per heavy atom. The van der Waals surface area contributed by atoms with Crippen LogP contribution in [0.15, 0.2) is 23.2 Å². The summed E-state index contributed by atoms with van der Waals surface area (Å²) < 4.78 is 10.5. The fraction of sp³-hybridized carbons (Fsp3) is 0.417. The smallest absolute Gasteiger partial charge is 0.191 e. The second kappa shape index (κ2) is 4.53. The van der Waals surface area contributed by atoms with Gasteiger partial charge in [0.2, 0.25) is 0 Å². The molecule has 0 saturated heterocycles. The van der Waals surface area contributed by atoms with Gasteiger partial charge in [-0.15, -0.1) is 0 Å². The van der Waals surface area contributed by atoms with Crippen molar-refractivity contribution in [3.63, 3.8) is 0 Å². The molecular weight excluding hydrogens is 218 g/mol. The first-order valence-electron chi connectivity index (χ1n) is 5.41. The predicted octanol–water partition coefficient (Wildman–Crippen LogP) is 1.00. The number of aliphatic imine (C=N–C) groups is 1. The predicted molar refractivity (Wildman–Crippen MR) is 66.5 cm³/mol. The van der Waals surface area contributed by atoms with Crippen molar-refractivity contribution in [3.05, 3.63) is 23.8 Å². The molecule has 2 N–H and O–H groups in total. The molecule has 0 aromatic heterocycles. The minimum atomic E-state index is 0.152. The van der Waals surface area contributed by atoms with E-state index in [2.05, 4.69) is 4.99 Å². The molecular formula is C12H17N3O2. The van der Waals surface area contributed by atoms with Gasteiger partial charge < -0.3 is 20.1 Å². The highest BCUT2D eigenvalue weighted by Gasteiger charge is 2.24. The van der Waals surface area contributed by atoms with E-state index in [1.54, 1.807) is 14.2 Å². The summed E-state index contributed by atoms with van der Waals surface area (Å²) in [5, 5.41) is 0. The molecule has 0 aliphatic carbocycles. The lowest BCUT2D eigenvalue weighted by Gasteiger charge is -2.22. The van der Waals surface area contributed by atoms with E-state index < -0.39 is 0 Å². The highest BCUT2D eigenvalue weighted by molar-refractivity contribution is 5.80. The molecule has 1 aromatic rings. The van der Waals surface area contributed by atoms with Crippen molar-refractivity contribution >= 4 is 5.96 Å². The lowest BCUT2D eigenvalue weighted by atomic mass is 10.1. The standard InChI is InChI=1S/C12H17N3O2/c1-15-11(7-14-12(15)13)8-4-9(16-2)6-10(5-8)17-3/h4-6,11H,7H2,1-3H3,(H2,13,14). The van der Waals surface area contributed by atoms with Gasteiger partial charge in [0, 0.05) is 13.1 Å². The molecule has 0 radical (unpaired) electrons. The summed E-state index contributed by atoms with van der Waals surface area (Å²) in [6.45, 7) is 0.665. The maximum Gasteiger partial charge on any atom is 0.191 e. The molecule has 0 saturated carbocycles. The molecule has 2 rings (SSSR count). The lowest BCUT2D eigenvalue weighted by molar-refractivity contribution is 0.382. The fourth-order valence-corrected chi connectivity index (χ4v) is 1.92. The SMILES string of the molecule is COc1cc(OC)cc(C2CN=C(N)N2C)c1. The Balaban J connectivity index is 2.32. The summed E-state index contributed by atoms with van der Waals surface area (Å²) in [4.78, 5) is 6.18. The van der Waals surface area contributed by atoms with Crippen molar-refractivity contribution in [1.82, 2.24) is 4.90 Å². The van der Waals surface area contributed by atoms with Gasteiger partial charge in [0.1, 0.15) is 11.5 Å². The third-order valence-corrected chi connectivity index (χ3v) is 3.01. The van der Waals surface area contributed by atoms with E-state index in [1.165, 1.54) is 0 Å². The minimum absolute atomic E-state index is 0.152. The lowest BCUT2D eigenvalue weighted by Crippen LogP contribution is -2.32. The zero-order valence-corrected chi connectivity index (χ0v) is 10.3. The van der Waals surface area contributed by atoms with Crippen LogP contribution in [-0.2, 0) is 0 Å². The number of hydrogen-bond donors (Lipinski definition) is 1. The zero-order valence-electron chi connectivity index (χ0n) is 10.3. The van der Waals surface area contributed by atoms with Gasteiger partial charge in [0.15, 0.2) is 5.96 Å². The molecule has 0 amide bonds. The molecule has 17 heavy (non-hydrogen) atoms. The molecule has 0 fully saturated rings. The van der Waals surface area contributed by atoms with Crippen LogP contribution in [0.4, 0.5) is 0 Å². The molecule has 5 heteroatoms. The third kappa shape index (κ3) is 2.13. The van der Waals surface area contributed by atoms with Gasteiger partial charge in [-0.3, -0.25) is 4.99 Å². The first kappa shape index (κ1) is 11.6. The number of rotatable bonds is 3. The van der Waals surface area contributed by atoms with E-state index in [1.807, 2.05) is 30.1 Å². The molecule has 0 bridgehead atoms. The van der Waals surface area contributed by atoms with Gasteiger partial charge in [-0.1, -0.05) is 0 Å².